The van der Waals surface area contributed by atoms with Crippen molar-refractivity contribution in [1.82, 2.24) is 0 Å². The van der Waals surface area contributed by atoms with E-state index in [0.717, 1.165) is 46.6 Å². The van der Waals surface area contributed by atoms with E-state index in [9.17, 15) is 10.2 Å². The van der Waals surface area contributed by atoms with Crippen LogP contribution in [-0.4, -0.2) is 65.6 Å². The Hall–Kier alpha value is -3.33. The predicted octanol–water partition coefficient (Wildman–Crippen LogP) is 6.59. The lowest BCUT2D eigenvalue weighted by molar-refractivity contribution is -0.809. The SMILES string of the molecule is COc1cc(O)ccc1/C=C/c1cccc[n+]1CCCSSCCC[N+]12CC=CC1C2/C=C/c1ccc(O)cc1OC. The summed E-state index contributed by atoms with van der Waals surface area (Å²) in [6.07, 6.45) is 17.8. The number of ether oxygens (including phenoxy) is 2. The third-order valence-corrected chi connectivity index (χ3v) is 10.6. The van der Waals surface area contributed by atoms with Gasteiger partial charge in [-0.2, -0.15) is 4.57 Å². The van der Waals surface area contributed by atoms with Crippen LogP contribution in [0.2, 0.25) is 0 Å². The molecule has 3 aromatic rings. The smallest absolute Gasteiger partial charge is 0.205 e. The Bertz CT molecular complexity index is 1460. The Labute approximate surface area is 257 Å². The zero-order chi connectivity index (χ0) is 29.4. The number of hydrogen-bond donors (Lipinski definition) is 2. The molecular formula is C34H40N2O4S2+2. The predicted molar refractivity (Wildman–Crippen MR) is 175 cm³/mol. The van der Waals surface area contributed by atoms with Gasteiger partial charge in [0.1, 0.15) is 29.5 Å². The lowest BCUT2D eigenvalue weighted by Crippen LogP contribution is -2.36. The van der Waals surface area contributed by atoms with Crippen LogP contribution < -0.4 is 14.0 Å². The van der Waals surface area contributed by atoms with Gasteiger partial charge in [0.05, 0.1) is 27.3 Å². The van der Waals surface area contributed by atoms with Crippen LogP contribution in [-0.2, 0) is 6.54 Å². The first kappa shape index (κ1) is 30.1. The van der Waals surface area contributed by atoms with Gasteiger partial charge in [-0.3, -0.25) is 4.48 Å². The molecule has 3 atom stereocenters. The molecule has 2 aliphatic heterocycles. The third-order valence-electron chi connectivity index (χ3n) is 8.05. The van der Waals surface area contributed by atoms with E-state index in [1.54, 1.807) is 38.5 Å². The van der Waals surface area contributed by atoms with Crippen molar-refractivity contribution in [3.63, 3.8) is 0 Å². The number of aromatic nitrogens is 1. The summed E-state index contributed by atoms with van der Waals surface area (Å²) in [6.45, 7) is 3.29. The largest absolute Gasteiger partial charge is 0.508 e. The number of rotatable bonds is 15. The van der Waals surface area contributed by atoms with E-state index < -0.39 is 0 Å². The molecule has 0 saturated carbocycles. The topological polar surface area (TPSA) is 62.8 Å². The fourth-order valence-corrected chi connectivity index (χ4v) is 7.96. The third kappa shape index (κ3) is 7.17. The second-order valence-corrected chi connectivity index (χ2v) is 13.3. The van der Waals surface area contributed by atoms with Crippen LogP contribution in [0.1, 0.15) is 29.7 Å². The summed E-state index contributed by atoms with van der Waals surface area (Å²) in [5.74, 6) is 4.07. The first-order chi connectivity index (χ1) is 20.5. The molecule has 2 N–H and O–H groups in total. The number of phenols is 2. The first-order valence-electron chi connectivity index (χ1n) is 14.4. The number of phenolic OH excluding ortho intramolecular Hbond substituents is 2. The minimum absolute atomic E-state index is 0.199. The highest BCUT2D eigenvalue weighted by Gasteiger charge is 2.64. The minimum atomic E-state index is 0.199. The molecule has 2 aliphatic rings. The monoisotopic (exact) mass is 604 g/mol. The van der Waals surface area contributed by atoms with Crippen LogP contribution in [0, 0.1) is 0 Å². The summed E-state index contributed by atoms with van der Waals surface area (Å²) < 4.78 is 14.3. The van der Waals surface area contributed by atoms with Crippen molar-refractivity contribution in [1.29, 1.82) is 0 Å². The van der Waals surface area contributed by atoms with Crippen molar-refractivity contribution < 1.29 is 28.7 Å². The van der Waals surface area contributed by atoms with Crippen molar-refractivity contribution >= 4 is 39.8 Å². The van der Waals surface area contributed by atoms with Crippen LogP contribution in [0.25, 0.3) is 18.2 Å². The number of fused-ring (bicyclic) bond motifs is 1. The molecule has 220 valence electrons. The number of benzene rings is 2. The van der Waals surface area contributed by atoms with Gasteiger partial charge >= 0.3 is 0 Å². The van der Waals surface area contributed by atoms with Gasteiger partial charge in [0.25, 0.3) is 0 Å². The number of methoxy groups -OCH3 is 2. The van der Waals surface area contributed by atoms with Crippen LogP contribution >= 0.6 is 21.6 Å². The zero-order valence-corrected chi connectivity index (χ0v) is 25.9. The number of nitrogens with zero attached hydrogens (tertiary/aromatic N) is 2. The maximum absolute atomic E-state index is 9.73. The molecule has 8 heteroatoms. The molecular weight excluding hydrogens is 565 g/mol. The van der Waals surface area contributed by atoms with Gasteiger partial charge in [0, 0.05) is 65.8 Å². The Morgan fingerprint density at radius 2 is 1.57 bits per heavy atom. The molecule has 1 fully saturated rings. The second-order valence-electron chi connectivity index (χ2n) is 10.6. The van der Waals surface area contributed by atoms with Gasteiger partial charge in [0.2, 0.25) is 5.69 Å². The molecule has 2 aromatic carbocycles. The molecule has 3 unspecified atom stereocenters. The van der Waals surface area contributed by atoms with Crippen LogP contribution in [0.5, 0.6) is 23.0 Å². The van der Waals surface area contributed by atoms with Crippen LogP contribution in [0.3, 0.4) is 0 Å². The lowest BCUT2D eigenvalue weighted by atomic mass is 10.1. The van der Waals surface area contributed by atoms with Crippen LogP contribution in [0.15, 0.2) is 79.0 Å². The highest BCUT2D eigenvalue weighted by Crippen LogP contribution is 2.46. The minimum Gasteiger partial charge on any atom is -0.508 e. The Balaban J connectivity index is 1.03. The average Bonchev–Trinajstić information content (AvgIpc) is 3.37. The van der Waals surface area contributed by atoms with Crippen LogP contribution in [0.4, 0.5) is 0 Å². The van der Waals surface area contributed by atoms with Crippen molar-refractivity contribution in [3.8, 4) is 23.0 Å². The van der Waals surface area contributed by atoms with Gasteiger partial charge in [0.15, 0.2) is 18.3 Å². The van der Waals surface area contributed by atoms with E-state index in [1.165, 1.54) is 18.7 Å². The molecule has 0 aliphatic carbocycles. The number of aromatic hydroxyl groups is 2. The average molecular weight is 605 g/mol. The maximum atomic E-state index is 9.73. The van der Waals surface area contributed by atoms with E-state index in [0.29, 0.717) is 23.6 Å². The van der Waals surface area contributed by atoms with E-state index in [4.69, 9.17) is 9.47 Å². The summed E-state index contributed by atoms with van der Waals surface area (Å²) in [5.41, 5.74) is 3.07. The summed E-state index contributed by atoms with van der Waals surface area (Å²) >= 11 is 0. The fourth-order valence-electron chi connectivity index (χ4n) is 5.81. The molecule has 6 nitrogen and oxygen atoms in total. The molecule has 0 bridgehead atoms. The molecule has 0 amide bonds. The first-order valence-corrected chi connectivity index (χ1v) is 16.9. The molecule has 3 heterocycles. The number of aryl methyl sites for hydroxylation is 1. The standard InChI is InChI=1S/C34H38N2O4S2/c1-39-33-24-29(37)15-11-26(33)10-14-28-8-3-4-18-35(28)19-6-22-41-42-23-7-21-36-20-5-9-31(36)32(36)17-13-27-12-16-30(38)25-34(27)40-2/h3-5,8-18,24-25,31-32H,6-7,19-23H2,1-2H3/p+2/b17-13+. The Morgan fingerprint density at radius 3 is 2.29 bits per heavy atom. The molecule has 1 aromatic heterocycles. The van der Waals surface area contributed by atoms with E-state index in [2.05, 4.69) is 59.3 Å². The zero-order valence-electron chi connectivity index (χ0n) is 24.3. The Morgan fingerprint density at radius 1 is 0.881 bits per heavy atom. The maximum Gasteiger partial charge on any atom is 0.205 e. The lowest BCUT2D eigenvalue weighted by Gasteiger charge is -2.17. The van der Waals surface area contributed by atoms with Crippen molar-refractivity contribution in [2.24, 2.45) is 0 Å². The molecule has 42 heavy (non-hydrogen) atoms. The quantitative estimate of drug-likeness (QED) is 0.0510. The molecule has 5 rings (SSSR count). The van der Waals surface area contributed by atoms with Crippen molar-refractivity contribution in [2.45, 2.75) is 31.5 Å². The normalized spacial score (nSPS) is 20.8. The van der Waals surface area contributed by atoms with Crippen molar-refractivity contribution in [2.75, 3.05) is 38.8 Å². The second kappa shape index (κ2) is 14.2. The molecule has 0 spiro atoms. The van der Waals surface area contributed by atoms with Gasteiger partial charge in [-0.05, 0) is 60.7 Å². The summed E-state index contributed by atoms with van der Waals surface area (Å²) in [5, 5.41) is 19.4. The van der Waals surface area contributed by atoms with Gasteiger partial charge < -0.3 is 19.7 Å². The van der Waals surface area contributed by atoms with Gasteiger partial charge in [-0.15, -0.1) is 0 Å². The fraction of sp³-hybridized carbons (Fsp3) is 0.324. The highest BCUT2D eigenvalue weighted by atomic mass is 33.1. The molecule has 0 radical (unpaired) electrons. The Kier molecular flexibility index (Phi) is 10.2. The summed E-state index contributed by atoms with van der Waals surface area (Å²) in [6, 6.07) is 17.8. The van der Waals surface area contributed by atoms with Gasteiger partial charge in [-0.25, -0.2) is 0 Å². The highest BCUT2D eigenvalue weighted by molar-refractivity contribution is 8.76. The van der Waals surface area contributed by atoms with E-state index >= 15 is 0 Å². The number of pyridine rings is 1. The van der Waals surface area contributed by atoms with E-state index in [1.807, 2.05) is 39.8 Å². The van der Waals surface area contributed by atoms with Crippen molar-refractivity contribution in [3.05, 3.63) is 95.8 Å². The number of quaternary nitrogens is 1. The van der Waals surface area contributed by atoms with E-state index in [-0.39, 0.29) is 11.5 Å². The summed E-state index contributed by atoms with van der Waals surface area (Å²) in [7, 11) is 7.23. The summed E-state index contributed by atoms with van der Waals surface area (Å²) in [4.78, 5) is 0. The van der Waals surface area contributed by atoms with Gasteiger partial charge in [-0.1, -0.05) is 21.6 Å². The number of hydrogen-bond acceptors (Lipinski definition) is 6. The molecule has 1 saturated heterocycles.